The maximum atomic E-state index is 15.6. The van der Waals surface area contributed by atoms with Crippen LogP contribution in [0, 0.1) is 41.4 Å². The minimum absolute atomic E-state index is 0.0153. The molecule has 28 heteroatoms. The van der Waals surface area contributed by atoms with Gasteiger partial charge in [-0.25, -0.2) is 0 Å². The van der Waals surface area contributed by atoms with E-state index in [1.807, 2.05) is 20.8 Å². The van der Waals surface area contributed by atoms with E-state index in [4.69, 9.17) is 11.6 Å². The van der Waals surface area contributed by atoms with E-state index in [9.17, 15) is 51.5 Å². The molecule has 0 radical (unpaired) electrons. The van der Waals surface area contributed by atoms with E-state index < -0.39 is 169 Å². The molecule has 3 saturated carbocycles. The molecule has 2 aliphatic heterocycles. The first-order valence-corrected chi connectivity index (χ1v) is 37.3. The molecule has 0 aromatic carbocycles. The van der Waals surface area contributed by atoms with E-state index in [0.717, 1.165) is 58.1 Å². The number of hydrogen-bond donors (Lipinski definition) is 3. The van der Waals surface area contributed by atoms with Gasteiger partial charge in [0.05, 0.1) is 32.0 Å². The summed E-state index contributed by atoms with van der Waals surface area (Å²) in [4.78, 5) is 189. The lowest BCUT2D eigenvalue weighted by Crippen LogP contribution is -2.61. The molecule has 5 fully saturated rings. The van der Waals surface area contributed by atoms with Crippen molar-refractivity contribution in [2.75, 3.05) is 89.1 Å². The average Bonchev–Trinajstić information content (AvgIpc) is 0.801. The Morgan fingerprint density at radius 3 is 1.60 bits per heavy atom. The van der Waals surface area contributed by atoms with E-state index in [-0.39, 0.29) is 86.8 Å². The lowest BCUT2D eigenvalue weighted by molar-refractivity contribution is -0.184. The van der Waals surface area contributed by atoms with Gasteiger partial charge >= 0.3 is 6.18 Å². The normalized spacial score (nSPS) is 29.7. The van der Waals surface area contributed by atoms with Crippen molar-refractivity contribution in [2.24, 2.45) is 41.4 Å². The highest BCUT2D eigenvalue weighted by Gasteiger charge is 2.46. The first-order chi connectivity index (χ1) is 46.9. The van der Waals surface area contributed by atoms with Gasteiger partial charge in [0, 0.05) is 74.8 Å². The van der Waals surface area contributed by atoms with Crippen LogP contribution in [0.5, 0.6) is 0 Å². The molecule has 2 saturated heterocycles. The number of carbonyl (C=O) groups excluding carboxylic acids is 12. The topological polar surface area (TPSA) is 270 Å². The molecule has 0 bridgehead atoms. The molecule has 12 amide bonds. The minimum atomic E-state index is -4.36. The number of likely N-dealkylation sites (N-methyl/N-ethyl adjacent to an activating group) is 8. The van der Waals surface area contributed by atoms with Crippen molar-refractivity contribution in [1.29, 1.82) is 0 Å². The zero-order chi connectivity index (χ0) is 74.8. The van der Waals surface area contributed by atoms with Crippen LogP contribution in [0.2, 0.25) is 0 Å². The highest BCUT2D eigenvalue weighted by molar-refractivity contribution is 6.20. The summed E-state index contributed by atoms with van der Waals surface area (Å²) in [5.41, 5.74) is 0. The van der Waals surface area contributed by atoms with Crippen molar-refractivity contribution in [3.8, 4) is 0 Å². The van der Waals surface area contributed by atoms with E-state index in [0.29, 0.717) is 58.0 Å². The third kappa shape index (κ3) is 23.6. The number of rotatable bonds is 13. The fourth-order valence-corrected chi connectivity index (χ4v) is 15.4. The SMILES string of the molecule is CC[C@H](C)[C@@H]1NC(=O)[C@H](C)N(C)C(=O)C[C@@H](C(=O)N2CCCCC2)NC(=O)[C@H](C(C)C)N(C)C(=O)[C@H](CC2CCCCC2)N(C)C(=O)[C@H](CC(C)C)N(C)C(=O)[C@H](CCC2CCC(C(F)(F)F)CC2)NC(=O)CN(C)C(=O)[C@H](CC2CCC(Cl)CC2)N(C)C(=O)CN(C)C(=O)CN(C)C1=O. The Morgan fingerprint density at radius 2 is 1.04 bits per heavy atom. The number of hydrogen-bond acceptors (Lipinski definition) is 12. The summed E-state index contributed by atoms with van der Waals surface area (Å²) < 4.78 is 41.7. The molecule has 3 N–H and O–H groups in total. The second kappa shape index (κ2) is 38.8. The van der Waals surface area contributed by atoms with Gasteiger partial charge in [0.1, 0.15) is 48.3 Å². The van der Waals surface area contributed by atoms with Crippen LogP contribution in [0.25, 0.3) is 0 Å². The predicted molar refractivity (Wildman–Crippen MR) is 374 cm³/mol. The molecule has 9 atom stereocenters. The number of nitrogens with one attached hydrogen (secondary N) is 3. The third-order valence-corrected chi connectivity index (χ3v) is 22.7. The maximum absolute atomic E-state index is 15.6. The largest absolute Gasteiger partial charge is 0.391 e. The number of halogens is 4. The lowest BCUT2D eigenvalue weighted by atomic mass is 9.79. The van der Waals surface area contributed by atoms with Gasteiger partial charge in [-0.3, -0.25) is 57.5 Å². The first-order valence-electron chi connectivity index (χ1n) is 36.8. The van der Waals surface area contributed by atoms with Crippen LogP contribution in [0.15, 0.2) is 0 Å². The second-order valence-corrected chi connectivity index (χ2v) is 31.2. The van der Waals surface area contributed by atoms with Crippen molar-refractivity contribution in [3.63, 3.8) is 0 Å². The van der Waals surface area contributed by atoms with E-state index in [1.54, 1.807) is 25.7 Å². The summed E-state index contributed by atoms with van der Waals surface area (Å²) in [6, 6.07) is -10.1. The second-order valence-electron chi connectivity index (χ2n) is 30.6. The maximum Gasteiger partial charge on any atom is 0.391 e. The molecule has 5 aliphatic rings. The summed E-state index contributed by atoms with van der Waals surface area (Å²) in [7, 11) is 11.3. The fourth-order valence-electron chi connectivity index (χ4n) is 15.1. The van der Waals surface area contributed by atoms with Crippen LogP contribution < -0.4 is 16.0 Å². The first kappa shape index (κ1) is 84.4. The molecule has 0 aromatic rings. The number of alkyl halides is 4. The van der Waals surface area contributed by atoms with Gasteiger partial charge in [-0.2, -0.15) is 13.2 Å². The number of amides is 12. The average molecular weight is 1440 g/mol. The summed E-state index contributed by atoms with van der Waals surface area (Å²) >= 11 is 6.51. The molecule has 100 heavy (non-hydrogen) atoms. The summed E-state index contributed by atoms with van der Waals surface area (Å²) in [5, 5.41) is 8.40. The smallest absolute Gasteiger partial charge is 0.343 e. The van der Waals surface area contributed by atoms with Crippen LogP contribution in [-0.4, -0.2) is 264 Å². The van der Waals surface area contributed by atoms with Gasteiger partial charge in [-0.1, -0.05) is 80.1 Å². The van der Waals surface area contributed by atoms with Gasteiger partial charge in [-0.05, 0) is 145 Å². The van der Waals surface area contributed by atoms with Gasteiger partial charge in [0.25, 0.3) is 0 Å². The Kier molecular flexibility index (Phi) is 32.8. The molecule has 0 aromatic heterocycles. The van der Waals surface area contributed by atoms with Crippen LogP contribution in [0.1, 0.15) is 196 Å². The molecule has 0 unspecified atom stereocenters. The van der Waals surface area contributed by atoms with Crippen LogP contribution in [0.4, 0.5) is 13.2 Å². The Hall–Kier alpha value is -6.28. The van der Waals surface area contributed by atoms with Crippen molar-refractivity contribution in [1.82, 2.24) is 60.0 Å². The van der Waals surface area contributed by atoms with Crippen molar-refractivity contribution in [3.05, 3.63) is 0 Å². The molecule has 5 rings (SSSR count). The molecule has 568 valence electrons. The van der Waals surface area contributed by atoms with Gasteiger partial charge in [0.2, 0.25) is 70.9 Å². The molecular formula is C72H120ClF3N12O12. The van der Waals surface area contributed by atoms with E-state index in [1.165, 1.54) is 82.9 Å². The van der Waals surface area contributed by atoms with Crippen molar-refractivity contribution >= 4 is 82.5 Å². The number of nitrogens with zero attached hydrogens (tertiary/aromatic N) is 9. The standard InChI is InChI=1S/C72H120ClF3N12O12/c1-16-46(6)62-71(100)82(10)42-60(91)80(8)43-61(92)84(12)56(39-50-27-32-52(73)33-28-50)68(97)81(9)41-58(89)77-53(34-29-48-25-30-51(31-26-48)72(74,75)76)66(95)85(13)55(37-44(2)3)69(98)86(14)57(38-49-23-19-17-20-24-49)70(99)87(15)63(45(4)5)65(94)78-54(67(96)88-35-21-18-22-36-88)40-59(90)83(11)47(7)64(93)79-62/h44-57,62-63H,16-43H2,1-15H3,(H,77,89)(H,78,94)(H,79,93)/t46-,47-,48?,50?,51?,52?,53-,54-,55-,56-,57-,62-,63-/m0/s1. The monoisotopic (exact) mass is 1440 g/mol. The van der Waals surface area contributed by atoms with E-state index >= 15 is 19.2 Å². The zero-order valence-corrected chi connectivity index (χ0v) is 63.2. The summed E-state index contributed by atoms with van der Waals surface area (Å²) in [6.07, 6.45) is 5.48. The summed E-state index contributed by atoms with van der Waals surface area (Å²) in [6.45, 7) is 11.2. The van der Waals surface area contributed by atoms with Crippen LogP contribution in [0.3, 0.4) is 0 Å². The highest BCUT2D eigenvalue weighted by Crippen LogP contribution is 2.41. The number of carbonyl (C=O) groups is 12. The van der Waals surface area contributed by atoms with Gasteiger partial charge in [-0.15, -0.1) is 11.6 Å². The third-order valence-electron chi connectivity index (χ3n) is 22.2. The fraction of sp³-hybridized carbons (Fsp3) is 0.833. The predicted octanol–water partition coefficient (Wildman–Crippen LogP) is 6.44. The van der Waals surface area contributed by atoms with Gasteiger partial charge < -0.3 is 60.0 Å². The van der Waals surface area contributed by atoms with Crippen molar-refractivity contribution < 1.29 is 70.7 Å². The van der Waals surface area contributed by atoms with E-state index in [2.05, 4.69) is 16.0 Å². The summed E-state index contributed by atoms with van der Waals surface area (Å²) in [5.74, 6) is -11.1. The Labute approximate surface area is 597 Å². The zero-order valence-electron chi connectivity index (χ0n) is 62.5. The molecule has 2 heterocycles. The van der Waals surface area contributed by atoms with Crippen LogP contribution >= 0.6 is 11.6 Å². The van der Waals surface area contributed by atoms with Crippen molar-refractivity contribution in [2.45, 2.75) is 256 Å². The minimum Gasteiger partial charge on any atom is -0.343 e. The van der Waals surface area contributed by atoms with Gasteiger partial charge in [0.15, 0.2) is 0 Å². The molecule has 24 nitrogen and oxygen atoms in total. The lowest BCUT2D eigenvalue weighted by Gasteiger charge is -2.40. The molecular weight excluding hydrogens is 1320 g/mol. The Balaban J connectivity index is 1.62. The molecule has 0 spiro atoms. The quantitative estimate of drug-likeness (QED) is 0.168. The number of piperidine rings is 1. The molecule has 3 aliphatic carbocycles. The Bertz CT molecular complexity index is 2810. The highest BCUT2D eigenvalue weighted by atomic mass is 35.5. The van der Waals surface area contributed by atoms with Crippen LogP contribution in [-0.2, 0) is 57.5 Å². The number of likely N-dealkylation sites (tertiary alicyclic amines) is 1. The Morgan fingerprint density at radius 1 is 0.520 bits per heavy atom.